The number of rotatable bonds is 3. The molecule has 2 rings (SSSR count). The highest BCUT2D eigenvalue weighted by Crippen LogP contribution is 2.30. The van der Waals surface area contributed by atoms with Crippen molar-refractivity contribution < 1.29 is 22.8 Å². The first-order valence-corrected chi connectivity index (χ1v) is 6.26. The Labute approximate surface area is 127 Å². The fourth-order valence-corrected chi connectivity index (χ4v) is 1.71. The molecule has 0 atom stereocenters. The van der Waals surface area contributed by atoms with Crippen LogP contribution in [0.4, 0.5) is 13.2 Å². The van der Waals surface area contributed by atoms with Gasteiger partial charge in [0.05, 0.1) is 6.21 Å². The van der Waals surface area contributed by atoms with Crippen molar-refractivity contribution in [3.8, 4) is 0 Å². The SMILES string of the molecule is Cn1cc(C(=O)O/N=C/c2ccc(Cl)cc2)c(C(F)(F)F)n1. The molecule has 9 heteroatoms. The van der Waals surface area contributed by atoms with Crippen LogP contribution in [0.3, 0.4) is 0 Å². The van der Waals surface area contributed by atoms with Gasteiger partial charge in [-0.15, -0.1) is 0 Å². The molecule has 2 aromatic rings. The summed E-state index contributed by atoms with van der Waals surface area (Å²) in [5.74, 6) is -1.24. The van der Waals surface area contributed by atoms with Crippen molar-refractivity contribution in [2.75, 3.05) is 0 Å². The lowest BCUT2D eigenvalue weighted by atomic mass is 10.2. The molecule has 22 heavy (non-hydrogen) atoms. The standard InChI is InChI=1S/C13H9ClF3N3O2/c1-20-7-10(11(19-20)13(15,16)17)12(21)22-18-6-8-2-4-9(14)5-3-8/h2-7H,1H3/b18-6+. The number of oxime groups is 1. The Morgan fingerprint density at radius 3 is 2.59 bits per heavy atom. The van der Waals surface area contributed by atoms with Crippen LogP contribution < -0.4 is 0 Å². The minimum absolute atomic E-state index is 0.513. The molecule has 0 aliphatic rings. The number of carbonyl (C=O) groups is 1. The van der Waals surface area contributed by atoms with Gasteiger partial charge < -0.3 is 4.84 Å². The Hall–Kier alpha value is -2.35. The van der Waals surface area contributed by atoms with Crippen LogP contribution in [0.2, 0.25) is 5.02 Å². The third kappa shape index (κ3) is 3.85. The van der Waals surface area contributed by atoms with Crippen LogP contribution in [0.1, 0.15) is 21.6 Å². The minimum atomic E-state index is -4.75. The number of nitrogens with zero attached hydrogens (tertiary/aromatic N) is 3. The highest BCUT2D eigenvalue weighted by Gasteiger charge is 2.39. The van der Waals surface area contributed by atoms with Crippen molar-refractivity contribution in [2.24, 2.45) is 12.2 Å². The molecule has 0 bridgehead atoms. The van der Waals surface area contributed by atoms with Gasteiger partial charge in [0.2, 0.25) is 0 Å². The van der Waals surface area contributed by atoms with E-state index in [-0.39, 0.29) is 0 Å². The van der Waals surface area contributed by atoms with Gasteiger partial charge in [0.25, 0.3) is 0 Å². The monoisotopic (exact) mass is 331 g/mol. The zero-order valence-electron chi connectivity index (χ0n) is 11.1. The quantitative estimate of drug-likeness (QED) is 0.492. The maximum absolute atomic E-state index is 12.7. The summed E-state index contributed by atoms with van der Waals surface area (Å²) in [6.07, 6.45) is -2.66. The molecule has 0 aliphatic heterocycles. The zero-order valence-corrected chi connectivity index (χ0v) is 11.9. The van der Waals surface area contributed by atoms with Gasteiger partial charge in [0.15, 0.2) is 5.69 Å². The predicted molar refractivity (Wildman–Crippen MR) is 72.7 cm³/mol. The van der Waals surface area contributed by atoms with Gasteiger partial charge in [0, 0.05) is 18.3 Å². The summed E-state index contributed by atoms with van der Waals surface area (Å²) in [7, 11) is 1.27. The summed E-state index contributed by atoms with van der Waals surface area (Å²) >= 11 is 5.69. The van der Waals surface area contributed by atoms with Crippen LogP contribution >= 0.6 is 11.6 Å². The van der Waals surface area contributed by atoms with Gasteiger partial charge in [-0.2, -0.15) is 18.3 Å². The normalized spacial score (nSPS) is 11.9. The van der Waals surface area contributed by atoms with Crippen molar-refractivity contribution in [3.05, 3.63) is 52.3 Å². The molecule has 1 aromatic heterocycles. The lowest BCUT2D eigenvalue weighted by molar-refractivity contribution is -0.142. The molecule has 0 amide bonds. The van der Waals surface area contributed by atoms with E-state index in [1.807, 2.05) is 0 Å². The molecule has 1 aromatic carbocycles. The number of alkyl halides is 3. The fraction of sp³-hybridized carbons (Fsp3) is 0.154. The maximum atomic E-state index is 12.7. The summed E-state index contributed by atoms with van der Waals surface area (Å²) in [6, 6.07) is 6.39. The average molecular weight is 332 g/mol. The molecule has 0 saturated carbocycles. The van der Waals surface area contributed by atoms with Crippen molar-refractivity contribution in [1.82, 2.24) is 9.78 Å². The van der Waals surface area contributed by atoms with Crippen LogP contribution in [0.5, 0.6) is 0 Å². The smallest absolute Gasteiger partial charge is 0.313 e. The van der Waals surface area contributed by atoms with Gasteiger partial charge in [-0.05, 0) is 17.7 Å². The van der Waals surface area contributed by atoms with E-state index in [9.17, 15) is 18.0 Å². The average Bonchev–Trinajstić information content (AvgIpc) is 2.83. The van der Waals surface area contributed by atoms with Crippen LogP contribution in [-0.4, -0.2) is 22.0 Å². The van der Waals surface area contributed by atoms with Crippen LogP contribution in [-0.2, 0) is 18.1 Å². The Morgan fingerprint density at radius 1 is 1.36 bits per heavy atom. The van der Waals surface area contributed by atoms with Gasteiger partial charge in [0.1, 0.15) is 5.56 Å². The minimum Gasteiger partial charge on any atom is -0.313 e. The third-order valence-electron chi connectivity index (χ3n) is 2.52. The molecule has 0 N–H and O–H groups in total. The molecule has 116 valence electrons. The van der Waals surface area contributed by atoms with E-state index >= 15 is 0 Å². The van der Waals surface area contributed by atoms with Gasteiger partial charge in [-0.25, -0.2) is 4.79 Å². The number of carbonyl (C=O) groups excluding carboxylic acids is 1. The van der Waals surface area contributed by atoms with Gasteiger partial charge in [-0.3, -0.25) is 4.68 Å². The number of aryl methyl sites for hydroxylation is 1. The maximum Gasteiger partial charge on any atom is 0.436 e. The van der Waals surface area contributed by atoms with E-state index in [1.165, 1.54) is 13.3 Å². The Balaban J connectivity index is 2.11. The lowest BCUT2D eigenvalue weighted by Gasteiger charge is -2.03. The first-order chi connectivity index (χ1) is 10.3. The largest absolute Gasteiger partial charge is 0.436 e. The molecular weight excluding hydrogens is 323 g/mol. The van der Waals surface area contributed by atoms with E-state index in [4.69, 9.17) is 11.6 Å². The lowest BCUT2D eigenvalue weighted by Crippen LogP contribution is -2.13. The van der Waals surface area contributed by atoms with E-state index < -0.39 is 23.4 Å². The molecule has 1 heterocycles. The van der Waals surface area contributed by atoms with Crippen molar-refractivity contribution in [2.45, 2.75) is 6.18 Å². The van der Waals surface area contributed by atoms with E-state index in [0.29, 0.717) is 10.6 Å². The first-order valence-electron chi connectivity index (χ1n) is 5.88. The summed E-state index contributed by atoms with van der Waals surface area (Å²) in [5, 5.41) is 7.07. The van der Waals surface area contributed by atoms with E-state index in [0.717, 1.165) is 10.9 Å². The number of hydrogen-bond acceptors (Lipinski definition) is 4. The highest BCUT2D eigenvalue weighted by molar-refractivity contribution is 6.30. The topological polar surface area (TPSA) is 56.5 Å². The Bertz CT molecular complexity index is 708. The summed E-state index contributed by atoms with van der Waals surface area (Å²) in [5.41, 5.74) is -1.45. The molecule has 5 nitrogen and oxygen atoms in total. The summed E-state index contributed by atoms with van der Waals surface area (Å²) < 4.78 is 39.0. The Morgan fingerprint density at radius 2 is 2.00 bits per heavy atom. The molecule has 0 spiro atoms. The number of halogens is 4. The number of hydrogen-bond donors (Lipinski definition) is 0. The predicted octanol–water partition coefficient (Wildman–Crippen LogP) is 3.28. The molecule has 0 saturated heterocycles. The van der Waals surface area contributed by atoms with E-state index in [1.54, 1.807) is 24.3 Å². The van der Waals surface area contributed by atoms with Crippen LogP contribution in [0.15, 0.2) is 35.6 Å². The Kier molecular flexibility index (Phi) is 4.51. The summed E-state index contributed by atoms with van der Waals surface area (Å²) in [4.78, 5) is 16.1. The summed E-state index contributed by atoms with van der Waals surface area (Å²) in [6.45, 7) is 0. The van der Waals surface area contributed by atoms with Crippen molar-refractivity contribution in [1.29, 1.82) is 0 Å². The highest BCUT2D eigenvalue weighted by atomic mass is 35.5. The number of benzene rings is 1. The zero-order chi connectivity index (χ0) is 16.3. The number of aromatic nitrogens is 2. The third-order valence-corrected chi connectivity index (χ3v) is 2.78. The van der Waals surface area contributed by atoms with E-state index in [2.05, 4.69) is 15.1 Å². The van der Waals surface area contributed by atoms with Gasteiger partial charge in [-0.1, -0.05) is 28.9 Å². The molecule has 0 fully saturated rings. The first kappa shape index (κ1) is 16.0. The fourth-order valence-electron chi connectivity index (χ4n) is 1.58. The van der Waals surface area contributed by atoms with Crippen molar-refractivity contribution in [3.63, 3.8) is 0 Å². The molecule has 0 unspecified atom stereocenters. The second-order valence-corrected chi connectivity index (χ2v) is 4.66. The van der Waals surface area contributed by atoms with Gasteiger partial charge >= 0.3 is 12.1 Å². The van der Waals surface area contributed by atoms with Crippen LogP contribution in [0, 0.1) is 0 Å². The molecule has 0 aliphatic carbocycles. The van der Waals surface area contributed by atoms with Crippen LogP contribution in [0.25, 0.3) is 0 Å². The second-order valence-electron chi connectivity index (χ2n) is 4.23. The second kappa shape index (κ2) is 6.18. The molecule has 0 radical (unpaired) electrons. The van der Waals surface area contributed by atoms with Crippen molar-refractivity contribution >= 4 is 23.8 Å². The molecular formula is C13H9ClF3N3O2.